The molecule has 8 aromatic carbocycles. The zero-order valence-corrected chi connectivity index (χ0v) is 33.1. The molecule has 3 heterocycles. The van der Waals surface area contributed by atoms with E-state index in [4.69, 9.17) is 19.9 Å². The number of nitrogens with zero attached hydrogens (tertiary/aromatic N) is 5. The van der Waals surface area contributed by atoms with Crippen LogP contribution in [0.4, 0.5) is 0 Å². The van der Waals surface area contributed by atoms with Gasteiger partial charge < -0.3 is 4.57 Å². The summed E-state index contributed by atoms with van der Waals surface area (Å²) in [5.74, 6) is 1.82. The van der Waals surface area contributed by atoms with Gasteiger partial charge in [0.2, 0.25) is 0 Å². The minimum absolute atomic E-state index is 0.587. The minimum Gasteiger partial charge on any atom is -0.309 e. The van der Waals surface area contributed by atoms with Crippen LogP contribution in [0.15, 0.2) is 224 Å². The monoisotopic (exact) mass is 779 g/mol. The fourth-order valence-corrected chi connectivity index (χ4v) is 8.30. The topological polar surface area (TPSA) is 56.5 Å². The summed E-state index contributed by atoms with van der Waals surface area (Å²) in [4.78, 5) is 20.7. The van der Waals surface area contributed by atoms with Crippen LogP contribution in [0.1, 0.15) is 0 Å². The third kappa shape index (κ3) is 6.84. The van der Waals surface area contributed by atoms with Crippen LogP contribution in [0.2, 0.25) is 0 Å². The van der Waals surface area contributed by atoms with E-state index in [2.05, 4.69) is 162 Å². The van der Waals surface area contributed by atoms with Crippen molar-refractivity contribution in [2.45, 2.75) is 0 Å². The van der Waals surface area contributed by atoms with Crippen molar-refractivity contribution in [2.75, 3.05) is 0 Å². The molecule has 0 amide bonds. The molecule has 0 bridgehead atoms. The second-order valence-corrected chi connectivity index (χ2v) is 15.1. The molecule has 0 aliphatic heterocycles. The normalized spacial score (nSPS) is 11.3. The summed E-state index contributed by atoms with van der Waals surface area (Å²) in [6.07, 6.45) is 0. The highest BCUT2D eigenvalue weighted by Crippen LogP contribution is 2.41. The summed E-state index contributed by atoms with van der Waals surface area (Å²) >= 11 is 0. The van der Waals surface area contributed by atoms with Gasteiger partial charge in [-0.25, -0.2) is 19.9 Å². The first-order valence-corrected chi connectivity index (χ1v) is 20.5. The van der Waals surface area contributed by atoms with Crippen molar-refractivity contribution in [3.63, 3.8) is 0 Å². The molecule has 11 rings (SSSR count). The lowest BCUT2D eigenvalue weighted by Crippen LogP contribution is -2.01. The number of hydrogen-bond acceptors (Lipinski definition) is 4. The van der Waals surface area contributed by atoms with Gasteiger partial charge in [-0.3, -0.25) is 0 Å². The zero-order valence-electron chi connectivity index (χ0n) is 33.1. The van der Waals surface area contributed by atoms with Gasteiger partial charge in [0.15, 0.2) is 17.5 Å². The Bertz CT molecular complexity index is 3210. The first-order valence-electron chi connectivity index (χ1n) is 20.5. The molecule has 286 valence electrons. The Morgan fingerprint density at radius 1 is 0.262 bits per heavy atom. The number of aromatic nitrogens is 5. The molecule has 0 N–H and O–H groups in total. The summed E-state index contributed by atoms with van der Waals surface area (Å²) in [6, 6.07) is 78.2. The van der Waals surface area contributed by atoms with Crippen molar-refractivity contribution in [2.24, 2.45) is 0 Å². The molecule has 0 fully saturated rings. The Kier molecular flexibility index (Phi) is 9.10. The van der Waals surface area contributed by atoms with Crippen molar-refractivity contribution < 1.29 is 0 Å². The molecule has 0 aliphatic carbocycles. The molecule has 11 aromatic rings. The maximum absolute atomic E-state index is 5.45. The molecule has 0 radical (unpaired) electrons. The standard InChI is InChI=1S/C56H37N5/c1-6-18-38(19-7-1)44-36-50(39-20-8-2-9-21-39)57-51(37-44)48-35-43(56-59-54(40-22-10-3-11-23-40)58-55(60-56)41-24-12-4-13-25-41)30-32-46(48)42-31-33-53-49(34-42)47-28-16-17-29-52(47)61(53)45-26-14-5-15-27-45/h1-37H. The van der Waals surface area contributed by atoms with Crippen molar-refractivity contribution in [1.29, 1.82) is 0 Å². The van der Waals surface area contributed by atoms with Gasteiger partial charge in [-0.05, 0) is 70.8 Å². The van der Waals surface area contributed by atoms with Gasteiger partial charge in [-0.2, -0.15) is 0 Å². The maximum Gasteiger partial charge on any atom is 0.164 e. The lowest BCUT2D eigenvalue weighted by molar-refractivity contribution is 1.07. The Labute approximate surface area is 354 Å². The van der Waals surface area contributed by atoms with Gasteiger partial charge in [0.1, 0.15) is 0 Å². The smallest absolute Gasteiger partial charge is 0.164 e. The Hall–Kier alpha value is -8.28. The molecule has 0 saturated carbocycles. The lowest BCUT2D eigenvalue weighted by atomic mass is 9.92. The van der Waals surface area contributed by atoms with Crippen LogP contribution in [0.5, 0.6) is 0 Å². The molecule has 0 saturated heterocycles. The summed E-state index contributed by atoms with van der Waals surface area (Å²) in [5.41, 5.74) is 14.3. The van der Waals surface area contributed by atoms with Gasteiger partial charge in [-0.15, -0.1) is 0 Å². The van der Waals surface area contributed by atoms with Crippen LogP contribution in [0.25, 0.3) is 106 Å². The van der Waals surface area contributed by atoms with E-state index in [1.807, 2.05) is 66.7 Å². The van der Waals surface area contributed by atoms with Crippen LogP contribution in [-0.2, 0) is 0 Å². The molecule has 0 atom stereocenters. The average Bonchev–Trinajstić information content (AvgIpc) is 3.68. The van der Waals surface area contributed by atoms with E-state index in [-0.39, 0.29) is 0 Å². The van der Waals surface area contributed by atoms with Crippen LogP contribution < -0.4 is 0 Å². The number of para-hydroxylation sites is 2. The number of rotatable bonds is 8. The highest BCUT2D eigenvalue weighted by atomic mass is 15.0. The van der Waals surface area contributed by atoms with Crippen LogP contribution >= 0.6 is 0 Å². The quantitative estimate of drug-likeness (QED) is 0.154. The van der Waals surface area contributed by atoms with Gasteiger partial charge in [0.05, 0.1) is 22.4 Å². The van der Waals surface area contributed by atoms with E-state index in [1.165, 1.54) is 16.3 Å². The third-order valence-electron chi connectivity index (χ3n) is 11.3. The SMILES string of the molecule is c1ccc(-c2cc(-c3ccccc3)nc(-c3cc(-c4nc(-c5ccccc5)nc(-c5ccccc5)n4)ccc3-c3ccc4c(c3)c3ccccc3n4-c3ccccc3)c2)cc1. The molecule has 3 aromatic heterocycles. The van der Waals surface area contributed by atoms with Crippen molar-refractivity contribution in [3.05, 3.63) is 224 Å². The van der Waals surface area contributed by atoms with Gasteiger partial charge in [-0.1, -0.05) is 176 Å². The molecule has 0 aliphatic rings. The molecule has 0 unspecified atom stereocenters. The first kappa shape index (κ1) is 35.8. The number of hydrogen-bond donors (Lipinski definition) is 0. The molecular formula is C56H37N5. The van der Waals surface area contributed by atoms with E-state index in [9.17, 15) is 0 Å². The Morgan fingerprint density at radius 3 is 1.39 bits per heavy atom. The van der Waals surface area contributed by atoms with E-state index < -0.39 is 0 Å². The Morgan fingerprint density at radius 2 is 0.754 bits per heavy atom. The van der Waals surface area contributed by atoms with E-state index >= 15 is 0 Å². The van der Waals surface area contributed by atoms with Gasteiger partial charge >= 0.3 is 0 Å². The second-order valence-electron chi connectivity index (χ2n) is 15.1. The predicted octanol–water partition coefficient (Wildman–Crippen LogP) is 14.0. The number of benzene rings is 8. The minimum atomic E-state index is 0.587. The number of pyridine rings is 1. The van der Waals surface area contributed by atoms with Crippen LogP contribution in [0.3, 0.4) is 0 Å². The third-order valence-corrected chi connectivity index (χ3v) is 11.3. The Balaban J connectivity index is 1.17. The van der Waals surface area contributed by atoms with Gasteiger partial charge in [0.25, 0.3) is 0 Å². The van der Waals surface area contributed by atoms with Crippen LogP contribution in [0, 0.1) is 0 Å². The van der Waals surface area contributed by atoms with E-state index in [0.717, 1.165) is 72.7 Å². The molecule has 5 nitrogen and oxygen atoms in total. The van der Waals surface area contributed by atoms with E-state index in [1.54, 1.807) is 0 Å². The summed E-state index contributed by atoms with van der Waals surface area (Å²) in [5, 5.41) is 2.38. The summed E-state index contributed by atoms with van der Waals surface area (Å²) in [7, 11) is 0. The largest absolute Gasteiger partial charge is 0.309 e. The van der Waals surface area contributed by atoms with Crippen molar-refractivity contribution in [3.8, 4) is 84.6 Å². The molecular weight excluding hydrogens is 743 g/mol. The lowest BCUT2D eigenvalue weighted by Gasteiger charge is -2.16. The summed E-state index contributed by atoms with van der Waals surface area (Å²) in [6.45, 7) is 0. The number of fused-ring (bicyclic) bond motifs is 3. The predicted molar refractivity (Wildman–Crippen MR) is 250 cm³/mol. The fourth-order valence-electron chi connectivity index (χ4n) is 8.30. The van der Waals surface area contributed by atoms with Gasteiger partial charge in [0, 0.05) is 44.3 Å². The van der Waals surface area contributed by atoms with Crippen molar-refractivity contribution >= 4 is 21.8 Å². The fraction of sp³-hybridized carbons (Fsp3) is 0. The second kappa shape index (κ2) is 15.5. The average molecular weight is 780 g/mol. The molecule has 5 heteroatoms. The van der Waals surface area contributed by atoms with Crippen LogP contribution in [-0.4, -0.2) is 24.5 Å². The maximum atomic E-state index is 5.45. The van der Waals surface area contributed by atoms with E-state index in [0.29, 0.717) is 17.5 Å². The van der Waals surface area contributed by atoms with Crippen molar-refractivity contribution in [1.82, 2.24) is 24.5 Å². The highest BCUT2D eigenvalue weighted by molar-refractivity contribution is 6.11. The zero-order chi connectivity index (χ0) is 40.5. The first-order chi connectivity index (χ1) is 30.2. The molecule has 0 spiro atoms. The summed E-state index contributed by atoms with van der Waals surface area (Å²) < 4.78 is 2.35. The highest BCUT2D eigenvalue weighted by Gasteiger charge is 2.19. The molecule has 61 heavy (non-hydrogen) atoms.